The Morgan fingerprint density at radius 2 is 2.27 bits per heavy atom. The van der Waals surface area contributed by atoms with Crippen LogP contribution in [0.5, 0.6) is 0 Å². The minimum atomic E-state index is 0.456. The lowest BCUT2D eigenvalue weighted by Gasteiger charge is -2.26. The van der Waals surface area contributed by atoms with Crippen molar-refractivity contribution in [1.29, 1.82) is 0 Å². The van der Waals surface area contributed by atoms with E-state index in [9.17, 15) is 0 Å². The van der Waals surface area contributed by atoms with Gasteiger partial charge in [0.1, 0.15) is 0 Å². The number of allylic oxidation sites excluding steroid dienone is 1. The minimum Gasteiger partial charge on any atom is -0.175 e. The van der Waals surface area contributed by atoms with Gasteiger partial charge in [0.05, 0.1) is 0 Å². The van der Waals surface area contributed by atoms with Crippen LogP contribution in [0.1, 0.15) is 33.6 Å². The summed E-state index contributed by atoms with van der Waals surface area (Å²) in [4.78, 5) is 0. The van der Waals surface area contributed by atoms with E-state index in [-0.39, 0.29) is 0 Å². The molecule has 0 radical (unpaired) electrons. The molecule has 0 heterocycles. The van der Waals surface area contributed by atoms with Gasteiger partial charge in [0.25, 0.3) is 0 Å². The quantitative estimate of drug-likeness (QED) is 0.477. The van der Waals surface area contributed by atoms with Crippen LogP contribution in [0.2, 0.25) is 0 Å². The van der Waals surface area contributed by atoms with E-state index in [0.29, 0.717) is 5.41 Å². The highest BCUT2D eigenvalue weighted by Gasteiger charge is 2.30. The van der Waals surface area contributed by atoms with Crippen molar-refractivity contribution >= 4 is 12.6 Å². The molecule has 0 amide bonds. The zero-order chi connectivity index (χ0) is 8.48. The second-order valence-corrected chi connectivity index (χ2v) is 4.44. The smallest absolute Gasteiger partial charge is 0.0113 e. The summed E-state index contributed by atoms with van der Waals surface area (Å²) in [5, 5.41) is 0. The first-order valence-electron chi connectivity index (χ1n) is 4.40. The van der Waals surface area contributed by atoms with Crippen LogP contribution in [0.3, 0.4) is 0 Å². The molecule has 0 aromatic carbocycles. The van der Waals surface area contributed by atoms with Gasteiger partial charge in [-0.15, -0.1) is 0 Å². The van der Waals surface area contributed by atoms with Crippen molar-refractivity contribution in [3.8, 4) is 0 Å². The molecule has 0 saturated carbocycles. The Balaban J connectivity index is 2.70. The third-order valence-electron chi connectivity index (χ3n) is 3.04. The molecule has 0 aromatic heterocycles. The number of hydrogen-bond acceptors (Lipinski definition) is 1. The molecule has 1 aliphatic carbocycles. The van der Waals surface area contributed by atoms with Crippen LogP contribution in [0.15, 0.2) is 11.6 Å². The molecular formula is C10H18S. The Bertz CT molecular complexity index is 170. The van der Waals surface area contributed by atoms with Gasteiger partial charge in [0, 0.05) is 5.75 Å². The maximum atomic E-state index is 4.29. The monoisotopic (exact) mass is 170 g/mol. The predicted molar refractivity (Wildman–Crippen MR) is 54.1 cm³/mol. The van der Waals surface area contributed by atoms with E-state index >= 15 is 0 Å². The van der Waals surface area contributed by atoms with Gasteiger partial charge in [-0.05, 0) is 24.2 Å². The van der Waals surface area contributed by atoms with Crippen molar-refractivity contribution in [2.75, 3.05) is 5.75 Å². The van der Waals surface area contributed by atoms with Crippen LogP contribution in [-0.2, 0) is 0 Å². The Hall–Kier alpha value is 0.0900. The molecule has 64 valence electrons. The topological polar surface area (TPSA) is 0 Å². The largest absolute Gasteiger partial charge is 0.175 e. The molecule has 0 bridgehead atoms. The van der Waals surface area contributed by atoms with Crippen molar-refractivity contribution in [2.45, 2.75) is 33.6 Å². The molecule has 1 rings (SSSR count). The van der Waals surface area contributed by atoms with E-state index < -0.39 is 0 Å². The number of rotatable bonds is 2. The summed E-state index contributed by atoms with van der Waals surface area (Å²) in [6, 6.07) is 0. The zero-order valence-electron chi connectivity index (χ0n) is 7.72. The van der Waals surface area contributed by atoms with Gasteiger partial charge in [0.15, 0.2) is 0 Å². The van der Waals surface area contributed by atoms with E-state index in [2.05, 4.69) is 39.5 Å². The minimum absolute atomic E-state index is 0.456. The van der Waals surface area contributed by atoms with Crippen LogP contribution in [0, 0.1) is 11.3 Å². The van der Waals surface area contributed by atoms with Crippen LogP contribution < -0.4 is 0 Å². The van der Waals surface area contributed by atoms with Gasteiger partial charge in [-0.1, -0.05) is 32.4 Å². The summed E-state index contributed by atoms with van der Waals surface area (Å²) in [5.74, 6) is 1.71. The van der Waals surface area contributed by atoms with E-state index in [1.54, 1.807) is 0 Å². The summed E-state index contributed by atoms with van der Waals surface area (Å²) >= 11 is 4.29. The van der Waals surface area contributed by atoms with Crippen LogP contribution >= 0.6 is 12.6 Å². The molecule has 0 nitrogen and oxygen atoms in total. The second-order valence-electron chi connectivity index (χ2n) is 4.12. The number of thiol groups is 1. The van der Waals surface area contributed by atoms with Crippen LogP contribution in [-0.4, -0.2) is 5.75 Å². The lowest BCUT2D eigenvalue weighted by molar-refractivity contribution is 0.293. The molecule has 0 saturated heterocycles. The summed E-state index contributed by atoms with van der Waals surface area (Å²) in [5.41, 5.74) is 1.99. The SMILES string of the molecule is CC(C)C1(C)C=C(CS)CC1. The summed E-state index contributed by atoms with van der Waals surface area (Å²) in [6.07, 6.45) is 5.02. The third-order valence-corrected chi connectivity index (χ3v) is 3.45. The molecule has 0 fully saturated rings. The van der Waals surface area contributed by atoms with Crippen LogP contribution in [0.4, 0.5) is 0 Å². The highest BCUT2D eigenvalue weighted by molar-refractivity contribution is 7.80. The van der Waals surface area contributed by atoms with Gasteiger partial charge in [-0.2, -0.15) is 12.6 Å². The Morgan fingerprint density at radius 1 is 1.64 bits per heavy atom. The molecule has 1 unspecified atom stereocenters. The maximum absolute atomic E-state index is 4.29. The van der Waals surface area contributed by atoms with Gasteiger partial charge in [-0.25, -0.2) is 0 Å². The van der Waals surface area contributed by atoms with Crippen molar-refractivity contribution < 1.29 is 0 Å². The first kappa shape index (κ1) is 9.18. The molecule has 1 heteroatoms. The standard InChI is InChI=1S/C10H18S/c1-8(2)10(3)5-4-9(6-10)7-11/h6,8,11H,4-5,7H2,1-3H3. The lowest BCUT2D eigenvalue weighted by Crippen LogP contribution is -2.17. The summed E-state index contributed by atoms with van der Waals surface area (Å²) in [6.45, 7) is 6.96. The highest BCUT2D eigenvalue weighted by Crippen LogP contribution is 2.41. The van der Waals surface area contributed by atoms with Crippen molar-refractivity contribution in [3.63, 3.8) is 0 Å². The van der Waals surface area contributed by atoms with Gasteiger partial charge < -0.3 is 0 Å². The van der Waals surface area contributed by atoms with Crippen molar-refractivity contribution in [3.05, 3.63) is 11.6 Å². The maximum Gasteiger partial charge on any atom is 0.0113 e. The molecule has 1 aliphatic rings. The molecule has 0 aromatic rings. The van der Waals surface area contributed by atoms with Crippen LogP contribution in [0.25, 0.3) is 0 Å². The van der Waals surface area contributed by atoms with E-state index in [0.717, 1.165) is 11.7 Å². The van der Waals surface area contributed by atoms with Gasteiger partial charge in [-0.3, -0.25) is 0 Å². The first-order valence-corrected chi connectivity index (χ1v) is 5.03. The first-order chi connectivity index (χ1) is 5.08. The molecule has 1 atom stereocenters. The fourth-order valence-electron chi connectivity index (χ4n) is 1.62. The molecular weight excluding hydrogens is 152 g/mol. The number of hydrogen-bond donors (Lipinski definition) is 1. The van der Waals surface area contributed by atoms with E-state index in [4.69, 9.17) is 0 Å². The average molecular weight is 170 g/mol. The Labute approximate surface area is 75.5 Å². The normalized spacial score (nSPS) is 31.2. The molecule has 0 aliphatic heterocycles. The summed E-state index contributed by atoms with van der Waals surface area (Å²) in [7, 11) is 0. The van der Waals surface area contributed by atoms with Gasteiger partial charge in [0.2, 0.25) is 0 Å². The fraction of sp³-hybridized carbons (Fsp3) is 0.800. The van der Waals surface area contributed by atoms with E-state index in [1.165, 1.54) is 18.4 Å². The van der Waals surface area contributed by atoms with Crippen molar-refractivity contribution in [1.82, 2.24) is 0 Å². The summed E-state index contributed by atoms with van der Waals surface area (Å²) < 4.78 is 0. The molecule has 0 spiro atoms. The lowest BCUT2D eigenvalue weighted by atomic mass is 9.79. The molecule has 11 heavy (non-hydrogen) atoms. The Morgan fingerprint density at radius 3 is 2.55 bits per heavy atom. The third kappa shape index (κ3) is 1.81. The van der Waals surface area contributed by atoms with E-state index in [1.807, 2.05) is 0 Å². The average Bonchev–Trinajstić information content (AvgIpc) is 2.33. The van der Waals surface area contributed by atoms with Gasteiger partial charge >= 0.3 is 0 Å². The Kier molecular flexibility index (Phi) is 2.69. The zero-order valence-corrected chi connectivity index (χ0v) is 8.62. The second kappa shape index (κ2) is 3.22. The highest BCUT2D eigenvalue weighted by atomic mass is 32.1. The van der Waals surface area contributed by atoms with Crippen molar-refractivity contribution in [2.24, 2.45) is 11.3 Å². The molecule has 0 N–H and O–H groups in total. The fourth-order valence-corrected chi connectivity index (χ4v) is 1.87. The predicted octanol–water partition coefficient (Wildman–Crippen LogP) is 3.30.